The van der Waals surface area contributed by atoms with E-state index in [0.29, 0.717) is 25.3 Å². The van der Waals surface area contributed by atoms with Gasteiger partial charge in [0.1, 0.15) is 0 Å². The predicted octanol–water partition coefficient (Wildman–Crippen LogP) is 0.144. The van der Waals surface area contributed by atoms with E-state index < -0.39 is 10.0 Å². The molecular formula is C11H18N4O2S. The molecule has 0 radical (unpaired) electrons. The van der Waals surface area contributed by atoms with Gasteiger partial charge in [0.25, 0.3) is 10.0 Å². The third-order valence-electron chi connectivity index (χ3n) is 3.19. The van der Waals surface area contributed by atoms with Crippen molar-refractivity contribution in [2.75, 3.05) is 19.6 Å². The molecule has 7 heteroatoms. The number of hydrogen-bond acceptors (Lipinski definition) is 5. The van der Waals surface area contributed by atoms with Crippen LogP contribution in [0.2, 0.25) is 0 Å². The molecule has 2 N–H and O–H groups in total. The molecule has 0 aliphatic carbocycles. The Morgan fingerprint density at radius 2 is 2.22 bits per heavy atom. The summed E-state index contributed by atoms with van der Waals surface area (Å²) in [4.78, 5) is 0. The van der Waals surface area contributed by atoms with Crippen molar-refractivity contribution in [3.63, 3.8) is 0 Å². The minimum absolute atomic E-state index is 0.0192. The van der Waals surface area contributed by atoms with Crippen LogP contribution in [0.3, 0.4) is 0 Å². The third-order valence-corrected chi connectivity index (χ3v) is 4.95. The summed E-state index contributed by atoms with van der Waals surface area (Å²) in [7, 11) is -3.52. The van der Waals surface area contributed by atoms with Gasteiger partial charge in [-0.2, -0.15) is 9.40 Å². The van der Waals surface area contributed by atoms with Gasteiger partial charge in [-0.3, -0.25) is 0 Å². The molecule has 1 aliphatic rings. The molecule has 18 heavy (non-hydrogen) atoms. The van der Waals surface area contributed by atoms with Gasteiger partial charge in [0.05, 0.1) is 5.69 Å². The lowest BCUT2D eigenvalue weighted by atomic mass is 10.0. The zero-order valence-electron chi connectivity index (χ0n) is 10.4. The van der Waals surface area contributed by atoms with Crippen molar-refractivity contribution in [2.24, 2.45) is 11.7 Å². The van der Waals surface area contributed by atoms with Crippen LogP contribution < -0.4 is 5.73 Å². The van der Waals surface area contributed by atoms with Gasteiger partial charge in [-0.15, -0.1) is 5.10 Å². The molecule has 1 aromatic heterocycles. The number of aryl methyl sites for hydroxylation is 1. The van der Waals surface area contributed by atoms with Crippen LogP contribution >= 0.6 is 0 Å². The maximum absolute atomic E-state index is 12.3. The molecule has 1 atom stereocenters. The quantitative estimate of drug-likeness (QED) is 0.844. The third kappa shape index (κ3) is 2.68. The van der Waals surface area contributed by atoms with E-state index in [1.54, 1.807) is 13.0 Å². The number of nitrogens with zero attached hydrogens (tertiary/aromatic N) is 3. The first kappa shape index (κ1) is 13.4. The maximum atomic E-state index is 12.3. The van der Waals surface area contributed by atoms with Crippen molar-refractivity contribution in [1.29, 1.82) is 0 Å². The second-order valence-corrected chi connectivity index (χ2v) is 6.50. The van der Waals surface area contributed by atoms with Gasteiger partial charge in [-0.25, -0.2) is 8.42 Å². The van der Waals surface area contributed by atoms with E-state index in [0.717, 1.165) is 12.8 Å². The highest BCUT2D eigenvalue weighted by molar-refractivity contribution is 7.89. The molecule has 2 rings (SSSR count). The Kier molecular flexibility index (Phi) is 3.94. The topological polar surface area (TPSA) is 89.2 Å². The smallest absolute Gasteiger partial charge is 0.262 e. The van der Waals surface area contributed by atoms with Crippen LogP contribution in [0.5, 0.6) is 0 Å². The van der Waals surface area contributed by atoms with Crippen LogP contribution in [0.4, 0.5) is 0 Å². The van der Waals surface area contributed by atoms with Crippen molar-refractivity contribution in [3.8, 4) is 0 Å². The van der Waals surface area contributed by atoms with Gasteiger partial charge < -0.3 is 5.73 Å². The van der Waals surface area contributed by atoms with Crippen molar-refractivity contribution >= 4 is 10.0 Å². The number of aromatic nitrogens is 2. The van der Waals surface area contributed by atoms with Gasteiger partial charge in [0.2, 0.25) is 0 Å². The summed E-state index contributed by atoms with van der Waals surface area (Å²) < 4.78 is 26.2. The Labute approximate surface area is 107 Å². The molecule has 0 spiro atoms. The normalized spacial score (nSPS) is 22.0. The lowest BCUT2D eigenvalue weighted by molar-refractivity contribution is 0.270. The van der Waals surface area contributed by atoms with Crippen LogP contribution in [0, 0.1) is 12.8 Å². The highest BCUT2D eigenvalue weighted by Crippen LogP contribution is 2.21. The van der Waals surface area contributed by atoms with Crippen LogP contribution in [-0.4, -0.2) is 42.6 Å². The summed E-state index contributed by atoms with van der Waals surface area (Å²) in [6.45, 7) is 3.31. The summed E-state index contributed by atoms with van der Waals surface area (Å²) in [5, 5.41) is 7.58. The fraction of sp³-hybridized carbons (Fsp3) is 0.636. The molecule has 100 valence electrons. The van der Waals surface area contributed by atoms with E-state index >= 15 is 0 Å². The summed E-state index contributed by atoms with van der Waals surface area (Å²) in [6.07, 6.45) is 1.84. The molecule has 1 aromatic rings. The Morgan fingerprint density at radius 1 is 1.44 bits per heavy atom. The van der Waals surface area contributed by atoms with Crippen LogP contribution in [0.25, 0.3) is 0 Å². The molecule has 1 saturated heterocycles. The molecule has 2 heterocycles. The van der Waals surface area contributed by atoms with E-state index in [1.807, 2.05) is 0 Å². The lowest BCUT2D eigenvalue weighted by Gasteiger charge is -2.30. The molecule has 1 aliphatic heterocycles. The Balaban J connectivity index is 2.22. The van der Waals surface area contributed by atoms with Gasteiger partial charge in [-0.1, -0.05) is 0 Å². The fourth-order valence-corrected chi connectivity index (χ4v) is 3.52. The van der Waals surface area contributed by atoms with Crippen molar-refractivity contribution in [1.82, 2.24) is 14.5 Å². The van der Waals surface area contributed by atoms with E-state index in [2.05, 4.69) is 10.2 Å². The van der Waals surface area contributed by atoms with Crippen LogP contribution in [-0.2, 0) is 10.0 Å². The molecule has 0 unspecified atom stereocenters. The maximum Gasteiger partial charge on any atom is 0.262 e. The average Bonchev–Trinajstić information content (AvgIpc) is 2.39. The van der Waals surface area contributed by atoms with E-state index in [-0.39, 0.29) is 10.9 Å². The van der Waals surface area contributed by atoms with Gasteiger partial charge in [-0.05, 0) is 44.4 Å². The molecule has 0 saturated carbocycles. The zero-order chi connectivity index (χ0) is 13.2. The Morgan fingerprint density at radius 3 is 2.83 bits per heavy atom. The summed E-state index contributed by atoms with van der Waals surface area (Å²) in [6, 6.07) is 3.16. The first-order chi connectivity index (χ1) is 8.54. The first-order valence-electron chi connectivity index (χ1n) is 6.04. The molecule has 0 bridgehead atoms. The van der Waals surface area contributed by atoms with Crippen molar-refractivity contribution in [2.45, 2.75) is 24.8 Å². The van der Waals surface area contributed by atoms with E-state index in [1.165, 1.54) is 10.4 Å². The minimum Gasteiger partial charge on any atom is -0.330 e. The predicted molar refractivity (Wildman–Crippen MR) is 67.3 cm³/mol. The van der Waals surface area contributed by atoms with E-state index in [4.69, 9.17) is 5.73 Å². The van der Waals surface area contributed by atoms with Crippen molar-refractivity contribution in [3.05, 3.63) is 17.8 Å². The number of hydrogen-bond donors (Lipinski definition) is 1. The number of piperidine rings is 1. The molecular weight excluding hydrogens is 252 g/mol. The van der Waals surface area contributed by atoms with Gasteiger partial charge >= 0.3 is 0 Å². The summed E-state index contributed by atoms with van der Waals surface area (Å²) in [5.74, 6) is 0.243. The Bertz CT molecular complexity index is 500. The minimum atomic E-state index is -3.52. The largest absolute Gasteiger partial charge is 0.330 e. The summed E-state index contributed by atoms with van der Waals surface area (Å²) in [5.41, 5.74) is 6.32. The van der Waals surface area contributed by atoms with E-state index in [9.17, 15) is 8.42 Å². The first-order valence-corrected chi connectivity index (χ1v) is 7.48. The lowest BCUT2D eigenvalue weighted by Crippen LogP contribution is -2.42. The number of rotatable bonds is 3. The highest BCUT2D eigenvalue weighted by Gasteiger charge is 2.30. The molecule has 1 fully saturated rings. The number of nitrogens with two attached hydrogens (primary N) is 1. The fourth-order valence-electron chi connectivity index (χ4n) is 2.09. The average molecular weight is 270 g/mol. The van der Waals surface area contributed by atoms with Crippen LogP contribution in [0.15, 0.2) is 17.2 Å². The summed E-state index contributed by atoms with van der Waals surface area (Å²) >= 11 is 0. The molecule has 0 aromatic carbocycles. The Hall–Kier alpha value is -1.05. The highest BCUT2D eigenvalue weighted by atomic mass is 32.2. The number of sulfonamides is 1. The second kappa shape index (κ2) is 5.29. The monoisotopic (exact) mass is 270 g/mol. The zero-order valence-corrected chi connectivity index (χ0v) is 11.2. The van der Waals surface area contributed by atoms with Crippen molar-refractivity contribution < 1.29 is 8.42 Å². The van der Waals surface area contributed by atoms with Crippen LogP contribution in [0.1, 0.15) is 18.5 Å². The molecule has 6 nitrogen and oxygen atoms in total. The second-order valence-electron chi connectivity index (χ2n) is 4.62. The SMILES string of the molecule is Cc1ccc(S(=O)(=O)N2CCC[C@H](CN)C2)nn1. The van der Waals surface area contributed by atoms with Gasteiger partial charge in [0, 0.05) is 13.1 Å². The van der Waals surface area contributed by atoms with Gasteiger partial charge in [0.15, 0.2) is 5.03 Å². The molecule has 0 amide bonds. The standard InChI is InChI=1S/C11H18N4O2S/c1-9-4-5-11(14-13-9)18(16,17)15-6-2-3-10(7-12)8-15/h4-5,10H,2-3,6-8,12H2,1H3/t10-/m1/s1.